The van der Waals surface area contributed by atoms with Crippen LogP contribution in [0.2, 0.25) is 0 Å². The number of aliphatic hydroxyl groups is 1. The minimum atomic E-state index is -0.643. The van der Waals surface area contributed by atoms with Crippen LogP contribution in [0.1, 0.15) is 44.4 Å². The fourth-order valence-corrected chi connectivity index (χ4v) is 2.89. The third kappa shape index (κ3) is 5.63. The van der Waals surface area contributed by atoms with Crippen molar-refractivity contribution in [2.24, 2.45) is 0 Å². The van der Waals surface area contributed by atoms with Crippen molar-refractivity contribution in [3.63, 3.8) is 0 Å². The summed E-state index contributed by atoms with van der Waals surface area (Å²) in [6.07, 6.45) is 0.603. The molecule has 2 aromatic carbocycles. The van der Waals surface area contributed by atoms with E-state index in [4.69, 9.17) is 18.9 Å². The molecular formula is C22H26O6. The van der Waals surface area contributed by atoms with Crippen molar-refractivity contribution in [3.8, 4) is 17.2 Å². The molecule has 0 amide bonds. The molecule has 1 unspecified atom stereocenters. The Kier molecular flexibility index (Phi) is 6.09. The summed E-state index contributed by atoms with van der Waals surface area (Å²) in [6, 6.07) is 12.9. The maximum absolute atomic E-state index is 11.8. The Hall–Kier alpha value is -2.73. The number of carbonyl (C=O) groups is 1. The molecule has 0 radical (unpaired) electrons. The molecular weight excluding hydrogens is 360 g/mol. The van der Waals surface area contributed by atoms with Gasteiger partial charge in [-0.2, -0.15) is 0 Å². The standard InChI is InChI=1S/C22H26O6/c1-22(2,3)28-21(24)13-25-17-6-4-5-16(12-17)18(23)9-7-15-8-10-19-20(11-15)27-14-26-19/h4-6,8,10-12,18,23H,7,9,13-14H2,1-3H3. The predicted molar refractivity (Wildman–Crippen MR) is 104 cm³/mol. The summed E-state index contributed by atoms with van der Waals surface area (Å²) in [7, 11) is 0. The van der Waals surface area contributed by atoms with E-state index in [9.17, 15) is 9.90 Å². The van der Waals surface area contributed by atoms with E-state index in [1.807, 2.05) is 45.0 Å². The van der Waals surface area contributed by atoms with Crippen molar-refractivity contribution < 1.29 is 28.8 Å². The van der Waals surface area contributed by atoms with Gasteiger partial charge in [-0.05, 0) is 69.0 Å². The molecule has 0 spiro atoms. The first-order chi connectivity index (χ1) is 13.3. The van der Waals surface area contributed by atoms with Gasteiger partial charge in [-0.15, -0.1) is 0 Å². The van der Waals surface area contributed by atoms with Gasteiger partial charge in [-0.1, -0.05) is 18.2 Å². The number of carbonyl (C=O) groups excluding carboxylic acids is 1. The van der Waals surface area contributed by atoms with Crippen molar-refractivity contribution in [3.05, 3.63) is 53.6 Å². The zero-order valence-electron chi connectivity index (χ0n) is 16.4. The molecule has 3 rings (SSSR count). The first-order valence-electron chi connectivity index (χ1n) is 9.31. The molecule has 1 N–H and O–H groups in total. The lowest BCUT2D eigenvalue weighted by molar-refractivity contribution is -0.157. The maximum atomic E-state index is 11.8. The van der Waals surface area contributed by atoms with Crippen LogP contribution in [-0.4, -0.2) is 30.1 Å². The summed E-state index contributed by atoms with van der Waals surface area (Å²) >= 11 is 0. The average Bonchev–Trinajstić information content (AvgIpc) is 3.11. The number of benzene rings is 2. The van der Waals surface area contributed by atoms with Gasteiger partial charge in [0.15, 0.2) is 18.1 Å². The summed E-state index contributed by atoms with van der Waals surface area (Å²) in [4.78, 5) is 11.8. The van der Waals surface area contributed by atoms with Crippen LogP contribution in [0.5, 0.6) is 17.2 Å². The second-order valence-electron chi connectivity index (χ2n) is 7.69. The van der Waals surface area contributed by atoms with Gasteiger partial charge in [0.1, 0.15) is 11.4 Å². The van der Waals surface area contributed by atoms with Gasteiger partial charge in [0, 0.05) is 0 Å². The van der Waals surface area contributed by atoms with Crippen LogP contribution in [0.15, 0.2) is 42.5 Å². The van der Waals surface area contributed by atoms with E-state index < -0.39 is 17.7 Å². The number of aliphatic hydroxyl groups excluding tert-OH is 1. The number of rotatable bonds is 7. The van der Waals surface area contributed by atoms with Crippen molar-refractivity contribution in [1.29, 1.82) is 0 Å². The van der Waals surface area contributed by atoms with E-state index in [0.29, 0.717) is 18.6 Å². The third-order valence-electron chi connectivity index (χ3n) is 4.16. The molecule has 0 fully saturated rings. The highest BCUT2D eigenvalue weighted by atomic mass is 16.7. The van der Waals surface area contributed by atoms with Crippen molar-refractivity contribution in [1.82, 2.24) is 0 Å². The van der Waals surface area contributed by atoms with Crippen LogP contribution in [0.25, 0.3) is 0 Å². The number of ether oxygens (including phenoxy) is 4. The molecule has 6 heteroatoms. The number of esters is 1. The minimum absolute atomic E-state index is 0.173. The van der Waals surface area contributed by atoms with Gasteiger partial charge < -0.3 is 24.1 Å². The fraction of sp³-hybridized carbons (Fsp3) is 0.409. The van der Waals surface area contributed by atoms with Gasteiger partial charge in [-0.25, -0.2) is 4.79 Å². The summed E-state index contributed by atoms with van der Waals surface area (Å²) in [6.45, 7) is 5.50. The molecule has 1 heterocycles. The Morgan fingerprint density at radius 2 is 1.93 bits per heavy atom. The Morgan fingerprint density at radius 1 is 1.14 bits per heavy atom. The highest BCUT2D eigenvalue weighted by molar-refractivity contribution is 5.71. The summed E-state index contributed by atoms with van der Waals surface area (Å²) < 4.78 is 21.4. The van der Waals surface area contributed by atoms with Gasteiger partial charge >= 0.3 is 5.97 Å². The first kappa shape index (κ1) is 20.0. The van der Waals surface area contributed by atoms with Gasteiger partial charge in [0.25, 0.3) is 0 Å². The smallest absolute Gasteiger partial charge is 0.344 e. The van der Waals surface area contributed by atoms with Gasteiger partial charge in [-0.3, -0.25) is 0 Å². The Morgan fingerprint density at radius 3 is 2.71 bits per heavy atom. The molecule has 0 aliphatic carbocycles. The lowest BCUT2D eigenvalue weighted by Gasteiger charge is -2.19. The maximum Gasteiger partial charge on any atom is 0.344 e. The number of hydrogen-bond acceptors (Lipinski definition) is 6. The van der Waals surface area contributed by atoms with E-state index in [2.05, 4.69) is 0 Å². The lowest BCUT2D eigenvalue weighted by atomic mass is 10.0. The van der Waals surface area contributed by atoms with Crippen molar-refractivity contribution in [2.75, 3.05) is 13.4 Å². The normalized spacial score (nSPS) is 13.9. The van der Waals surface area contributed by atoms with Gasteiger partial charge in [0.05, 0.1) is 6.10 Å². The highest BCUT2D eigenvalue weighted by Gasteiger charge is 2.17. The topological polar surface area (TPSA) is 74.2 Å². The molecule has 1 atom stereocenters. The molecule has 0 aromatic heterocycles. The summed E-state index contributed by atoms with van der Waals surface area (Å²) in [5, 5.41) is 10.5. The Bertz CT molecular complexity index is 824. The third-order valence-corrected chi connectivity index (χ3v) is 4.16. The SMILES string of the molecule is CC(C)(C)OC(=O)COc1cccc(C(O)CCc2ccc3c(c2)OCO3)c1. The van der Waals surface area contributed by atoms with Crippen LogP contribution >= 0.6 is 0 Å². The largest absolute Gasteiger partial charge is 0.482 e. The van der Waals surface area contributed by atoms with E-state index in [1.54, 1.807) is 18.2 Å². The molecule has 1 aliphatic heterocycles. The average molecular weight is 386 g/mol. The Labute approximate surface area is 165 Å². The van der Waals surface area contributed by atoms with Crippen molar-refractivity contribution >= 4 is 5.97 Å². The molecule has 0 saturated heterocycles. The number of hydrogen-bond donors (Lipinski definition) is 1. The quantitative estimate of drug-likeness (QED) is 0.730. The molecule has 150 valence electrons. The van der Waals surface area contributed by atoms with Crippen LogP contribution < -0.4 is 14.2 Å². The monoisotopic (exact) mass is 386 g/mol. The van der Waals surface area contributed by atoms with Crippen LogP contribution in [0, 0.1) is 0 Å². The van der Waals surface area contributed by atoms with E-state index in [1.165, 1.54) is 0 Å². The van der Waals surface area contributed by atoms with Crippen LogP contribution in [0.3, 0.4) is 0 Å². The molecule has 2 aromatic rings. The van der Waals surface area contributed by atoms with E-state index in [-0.39, 0.29) is 13.4 Å². The summed E-state index contributed by atoms with van der Waals surface area (Å²) in [5.41, 5.74) is 1.26. The van der Waals surface area contributed by atoms with Crippen LogP contribution in [0.4, 0.5) is 0 Å². The highest BCUT2D eigenvalue weighted by Crippen LogP contribution is 2.33. The van der Waals surface area contributed by atoms with Gasteiger partial charge in [0.2, 0.25) is 6.79 Å². The number of aryl methyl sites for hydroxylation is 1. The fourth-order valence-electron chi connectivity index (χ4n) is 2.89. The predicted octanol–water partition coefficient (Wildman–Crippen LogP) is 3.80. The molecule has 0 saturated carbocycles. The van der Waals surface area contributed by atoms with E-state index in [0.717, 1.165) is 22.6 Å². The first-order valence-corrected chi connectivity index (χ1v) is 9.31. The molecule has 28 heavy (non-hydrogen) atoms. The Balaban J connectivity index is 1.53. The zero-order chi connectivity index (χ0) is 20.1. The van der Waals surface area contributed by atoms with Crippen molar-refractivity contribution in [2.45, 2.75) is 45.3 Å². The minimum Gasteiger partial charge on any atom is -0.482 e. The summed E-state index contributed by atoms with van der Waals surface area (Å²) in [5.74, 6) is 1.58. The van der Waals surface area contributed by atoms with Crippen LogP contribution in [-0.2, 0) is 16.0 Å². The zero-order valence-corrected chi connectivity index (χ0v) is 16.4. The lowest BCUT2D eigenvalue weighted by Crippen LogP contribution is -2.27. The van der Waals surface area contributed by atoms with E-state index >= 15 is 0 Å². The number of fused-ring (bicyclic) bond motifs is 1. The second kappa shape index (κ2) is 8.52. The molecule has 6 nitrogen and oxygen atoms in total. The molecule has 0 bridgehead atoms. The second-order valence-corrected chi connectivity index (χ2v) is 7.69. The molecule has 1 aliphatic rings.